The van der Waals surface area contributed by atoms with Crippen molar-refractivity contribution in [3.05, 3.63) is 47.3 Å². The van der Waals surface area contributed by atoms with Gasteiger partial charge in [-0.15, -0.1) is 0 Å². The van der Waals surface area contributed by atoms with E-state index in [9.17, 15) is 14.0 Å². The number of fused-ring (bicyclic) bond motifs is 5. The second kappa shape index (κ2) is 6.11. The van der Waals surface area contributed by atoms with Crippen LogP contribution in [0.25, 0.3) is 0 Å². The van der Waals surface area contributed by atoms with Gasteiger partial charge in [0.25, 0.3) is 0 Å². The maximum Gasteiger partial charge on any atom is 0.155 e. The highest BCUT2D eigenvalue weighted by molar-refractivity contribution is 5.92. The molecule has 6 atom stereocenters. The van der Waals surface area contributed by atoms with E-state index in [2.05, 4.69) is 13.8 Å². The maximum atomic E-state index is 13.6. The molecule has 0 saturated heterocycles. The highest BCUT2D eigenvalue weighted by atomic mass is 19.1. The molecular weight excluding hydrogens is 351 g/mol. The Morgan fingerprint density at radius 2 is 1.64 bits per heavy atom. The average molecular weight is 381 g/mol. The van der Waals surface area contributed by atoms with E-state index in [1.807, 2.05) is 18.2 Å². The molecule has 3 fully saturated rings. The van der Waals surface area contributed by atoms with E-state index in [0.29, 0.717) is 30.0 Å². The highest BCUT2D eigenvalue weighted by Crippen LogP contribution is 2.66. The Hall–Kier alpha value is -1.77. The molecule has 4 aliphatic carbocycles. The predicted molar refractivity (Wildman–Crippen MR) is 106 cm³/mol. The number of rotatable bonds is 1. The Morgan fingerprint density at radius 3 is 2.39 bits per heavy atom. The zero-order valence-electron chi connectivity index (χ0n) is 16.8. The molecule has 0 aromatic heterocycles. The fourth-order valence-electron chi connectivity index (χ4n) is 7.42. The van der Waals surface area contributed by atoms with E-state index in [-0.39, 0.29) is 28.3 Å². The third-order valence-corrected chi connectivity index (χ3v) is 8.99. The van der Waals surface area contributed by atoms with E-state index in [4.69, 9.17) is 0 Å². The van der Waals surface area contributed by atoms with Crippen molar-refractivity contribution in [2.24, 2.45) is 28.6 Å². The van der Waals surface area contributed by atoms with Crippen LogP contribution < -0.4 is 0 Å². The molecule has 0 heterocycles. The molecule has 2 nitrogen and oxygen atoms in total. The van der Waals surface area contributed by atoms with Gasteiger partial charge in [0.2, 0.25) is 0 Å². The molecule has 0 N–H and O–H groups in total. The Labute approximate surface area is 166 Å². The molecule has 0 unspecified atom stereocenters. The molecule has 28 heavy (non-hydrogen) atoms. The molecule has 0 amide bonds. The first-order chi connectivity index (χ1) is 13.3. The van der Waals surface area contributed by atoms with Crippen molar-refractivity contribution in [1.29, 1.82) is 0 Å². The van der Waals surface area contributed by atoms with Crippen LogP contribution in [0.5, 0.6) is 0 Å². The summed E-state index contributed by atoms with van der Waals surface area (Å²) in [7, 11) is 0. The molecule has 0 aliphatic heterocycles. The number of benzene rings is 1. The SMILES string of the molecule is C[C@]12CCC(=O)C=C1[C@@H](c1ccc(F)cc1)C[C@@H]1[C@@H]2CC[C@]2(C)C(=O)CC[C@@H]12. The van der Waals surface area contributed by atoms with Gasteiger partial charge in [0.1, 0.15) is 11.6 Å². The number of hydrogen-bond donors (Lipinski definition) is 0. The van der Waals surface area contributed by atoms with Crippen LogP contribution in [0.15, 0.2) is 35.9 Å². The molecule has 0 spiro atoms. The number of carbonyl (C=O) groups is 2. The van der Waals surface area contributed by atoms with Crippen LogP contribution in [0, 0.1) is 34.4 Å². The number of allylic oxidation sites excluding steroid dienone is 1. The largest absolute Gasteiger partial charge is 0.299 e. The van der Waals surface area contributed by atoms with E-state index < -0.39 is 0 Å². The topological polar surface area (TPSA) is 34.1 Å². The van der Waals surface area contributed by atoms with Crippen LogP contribution in [-0.4, -0.2) is 11.6 Å². The first-order valence-electron chi connectivity index (χ1n) is 10.9. The highest BCUT2D eigenvalue weighted by Gasteiger charge is 2.60. The lowest BCUT2D eigenvalue weighted by Gasteiger charge is -2.59. The molecule has 3 saturated carbocycles. The van der Waals surface area contributed by atoms with Crippen molar-refractivity contribution in [2.75, 3.05) is 0 Å². The average Bonchev–Trinajstić information content (AvgIpc) is 2.98. The minimum atomic E-state index is -0.222. The summed E-state index contributed by atoms with van der Waals surface area (Å²) in [6.45, 7) is 4.56. The predicted octanol–water partition coefficient (Wildman–Crippen LogP) is 5.62. The third-order valence-electron chi connectivity index (χ3n) is 8.99. The Balaban J connectivity index is 1.61. The van der Waals surface area contributed by atoms with Crippen molar-refractivity contribution in [2.45, 2.75) is 64.7 Å². The summed E-state index contributed by atoms with van der Waals surface area (Å²) in [5, 5.41) is 0. The van der Waals surface area contributed by atoms with Gasteiger partial charge < -0.3 is 0 Å². The smallest absolute Gasteiger partial charge is 0.155 e. The number of ketones is 2. The van der Waals surface area contributed by atoms with Crippen molar-refractivity contribution >= 4 is 11.6 Å². The van der Waals surface area contributed by atoms with Gasteiger partial charge in [-0.3, -0.25) is 9.59 Å². The van der Waals surface area contributed by atoms with Crippen LogP contribution in [0.4, 0.5) is 4.39 Å². The number of hydrogen-bond acceptors (Lipinski definition) is 2. The summed E-state index contributed by atoms with van der Waals surface area (Å²) in [5.74, 6) is 2.14. The monoisotopic (exact) mass is 380 g/mol. The fourth-order valence-corrected chi connectivity index (χ4v) is 7.42. The molecular formula is C25H29FO2. The Kier molecular flexibility index (Phi) is 3.99. The summed E-state index contributed by atoms with van der Waals surface area (Å²) in [5.41, 5.74) is 2.24. The minimum Gasteiger partial charge on any atom is -0.299 e. The first kappa shape index (κ1) is 18.3. The Morgan fingerprint density at radius 1 is 0.929 bits per heavy atom. The van der Waals surface area contributed by atoms with Crippen LogP contribution in [-0.2, 0) is 9.59 Å². The van der Waals surface area contributed by atoms with Gasteiger partial charge in [-0.2, -0.15) is 0 Å². The molecule has 4 aliphatic rings. The molecule has 1 aromatic rings. The number of halogens is 1. The second-order valence-electron chi connectivity index (χ2n) is 10.1. The lowest BCUT2D eigenvalue weighted by molar-refractivity contribution is -0.132. The van der Waals surface area contributed by atoms with Crippen molar-refractivity contribution in [3.63, 3.8) is 0 Å². The third kappa shape index (κ3) is 2.44. The van der Waals surface area contributed by atoms with Gasteiger partial charge in [-0.25, -0.2) is 4.39 Å². The van der Waals surface area contributed by atoms with E-state index in [1.54, 1.807) is 0 Å². The summed E-state index contributed by atoms with van der Waals surface area (Å²) < 4.78 is 13.6. The van der Waals surface area contributed by atoms with E-state index in [1.165, 1.54) is 17.7 Å². The normalized spacial score (nSPS) is 42.5. The summed E-state index contributed by atoms with van der Waals surface area (Å²) in [6, 6.07) is 6.85. The fraction of sp³-hybridized carbons (Fsp3) is 0.600. The van der Waals surface area contributed by atoms with Crippen LogP contribution in [0.2, 0.25) is 0 Å². The maximum absolute atomic E-state index is 13.6. The molecule has 0 bridgehead atoms. The molecule has 0 radical (unpaired) electrons. The van der Waals surface area contributed by atoms with E-state index in [0.717, 1.165) is 44.1 Å². The second-order valence-corrected chi connectivity index (χ2v) is 10.1. The summed E-state index contributed by atoms with van der Waals surface area (Å²) in [6.07, 6.45) is 8.26. The molecule has 148 valence electrons. The standard InChI is InChI=1S/C25H29FO2/c1-24-11-9-17(27)13-22(24)18(15-3-5-16(26)6-4-15)14-19-20-7-8-23(28)25(20,2)12-10-21(19)24/h3-6,13,18-21H,7-12,14H2,1-2H3/t18-,19+,20+,21+,24-,25+/m1/s1. The van der Waals surface area contributed by atoms with Gasteiger partial charge >= 0.3 is 0 Å². The van der Waals surface area contributed by atoms with Gasteiger partial charge in [0.05, 0.1) is 0 Å². The van der Waals surface area contributed by atoms with Gasteiger partial charge in [0, 0.05) is 24.2 Å². The van der Waals surface area contributed by atoms with Crippen LogP contribution in [0.3, 0.4) is 0 Å². The van der Waals surface area contributed by atoms with Crippen molar-refractivity contribution in [1.82, 2.24) is 0 Å². The zero-order chi connectivity index (χ0) is 19.7. The summed E-state index contributed by atoms with van der Waals surface area (Å²) >= 11 is 0. The molecule has 3 heteroatoms. The minimum absolute atomic E-state index is 0.0167. The van der Waals surface area contributed by atoms with Crippen molar-refractivity contribution < 1.29 is 14.0 Å². The molecule has 5 rings (SSSR count). The van der Waals surface area contributed by atoms with E-state index >= 15 is 0 Å². The first-order valence-corrected chi connectivity index (χ1v) is 10.9. The molecule has 1 aromatic carbocycles. The van der Waals surface area contributed by atoms with Crippen LogP contribution in [0.1, 0.15) is 70.3 Å². The zero-order valence-corrected chi connectivity index (χ0v) is 16.8. The Bertz CT molecular complexity index is 869. The van der Waals surface area contributed by atoms with Gasteiger partial charge in [-0.1, -0.05) is 31.6 Å². The van der Waals surface area contributed by atoms with Crippen LogP contribution >= 0.6 is 0 Å². The number of carbonyl (C=O) groups excluding carboxylic acids is 2. The lowest BCUT2D eigenvalue weighted by atomic mass is 9.45. The summed E-state index contributed by atoms with van der Waals surface area (Å²) in [4.78, 5) is 25.0. The van der Waals surface area contributed by atoms with Gasteiger partial charge in [-0.05, 0) is 79.0 Å². The van der Waals surface area contributed by atoms with Gasteiger partial charge in [0.15, 0.2) is 5.78 Å². The van der Waals surface area contributed by atoms with Crippen molar-refractivity contribution in [3.8, 4) is 0 Å². The quantitative estimate of drug-likeness (QED) is 0.634. The number of Topliss-reactive ketones (excluding diaryl/α,β-unsaturated/α-hetero) is 1. The lowest BCUT2D eigenvalue weighted by Crippen LogP contribution is -2.52.